The summed E-state index contributed by atoms with van der Waals surface area (Å²) in [5.74, 6) is -1.92. The Hall–Kier alpha value is -2.38. The van der Waals surface area contributed by atoms with E-state index in [1.807, 2.05) is 19.1 Å². The summed E-state index contributed by atoms with van der Waals surface area (Å²) < 4.78 is 0.790. The highest BCUT2D eigenvalue weighted by molar-refractivity contribution is 9.10. The zero-order chi connectivity index (χ0) is 19.6. The Morgan fingerprint density at radius 2 is 1.85 bits per heavy atom. The highest BCUT2D eigenvalue weighted by Gasteiger charge is 2.38. The van der Waals surface area contributed by atoms with Crippen LogP contribution in [0, 0.1) is 0 Å². The van der Waals surface area contributed by atoms with Crippen molar-refractivity contribution in [1.29, 1.82) is 0 Å². The van der Waals surface area contributed by atoms with E-state index < -0.39 is 17.9 Å². The van der Waals surface area contributed by atoms with Gasteiger partial charge in [-0.3, -0.25) is 14.4 Å². The van der Waals surface area contributed by atoms with Crippen molar-refractivity contribution in [2.75, 3.05) is 11.4 Å². The summed E-state index contributed by atoms with van der Waals surface area (Å²) in [6, 6.07) is 11.5. The molecule has 3 amide bonds. The van der Waals surface area contributed by atoms with E-state index in [4.69, 9.17) is 11.6 Å². The minimum absolute atomic E-state index is 0.186. The number of benzene rings is 2. The minimum atomic E-state index is -0.883. The van der Waals surface area contributed by atoms with E-state index in [0.29, 0.717) is 17.1 Å². The van der Waals surface area contributed by atoms with Crippen molar-refractivity contribution in [3.05, 3.63) is 63.1 Å². The van der Waals surface area contributed by atoms with Gasteiger partial charge in [-0.1, -0.05) is 39.7 Å². The third-order valence-corrected chi connectivity index (χ3v) is 5.01. The summed E-state index contributed by atoms with van der Waals surface area (Å²) in [6.07, 6.45) is 0. The molecule has 0 radical (unpaired) electrons. The number of anilines is 1. The number of fused-ring (bicyclic) bond motifs is 1. The maximum absolute atomic E-state index is 12.6. The number of halogens is 2. The summed E-state index contributed by atoms with van der Waals surface area (Å²) in [5, 5.41) is 5.67. The van der Waals surface area contributed by atoms with Crippen LogP contribution in [0.1, 0.15) is 24.1 Å². The van der Waals surface area contributed by atoms with Crippen molar-refractivity contribution in [2.24, 2.45) is 0 Å². The number of hydrogen-bond acceptors (Lipinski definition) is 3. The molecule has 8 heteroatoms. The van der Waals surface area contributed by atoms with Gasteiger partial charge in [-0.2, -0.15) is 0 Å². The molecule has 3 rings (SSSR count). The van der Waals surface area contributed by atoms with Gasteiger partial charge in [-0.15, -0.1) is 0 Å². The molecule has 6 nitrogen and oxygen atoms in total. The first-order valence-electron chi connectivity index (χ1n) is 8.34. The predicted octanol–water partition coefficient (Wildman–Crippen LogP) is 2.94. The first-order valence-corrected chi connectivity index (χ1v) is 9.51. The SMILES string of the molecule is CCN1C(=O)[C@H](NC(=O)C(=O)NCc2ccc(Cl)cc2)c2cc(Br)ccc21. The number of amides is 3. The van der Waals surface area contributed by atoms with Crippen LogP contribution < -0.4 is 15.5 Å². The molecule has 1 heterocycles. The van der Waals surface area contributed by atoms with Gasteiger partial charge in [0.2, 0.25) is 0 Å². The topological polar surface area (TPSA) is 78.5 Å². The number of carbonyl (C=O) groups is 3. The first kappa shape index (κ1) is 19.4. The van der Waals surface area contributed by atoms with Gasteiger partial charge >= 0.3 is 11.8 Å². The van der Waals surface area contributed by atoms with Crippen LogP contribution in [-0.4, -0.2) is 24.3 Å². The van der Waals surface area contributed by atoms with E-state index in [1.54, 1.807) is 35.2 Å². The van der Waals surface area contributed by atoms with Crippen LogP contribution in [-0.2, 0) is 20.9 Å². The molecule has 0 aliphatic carbocycles. The lowest BCUT2D eigenvalue weighted by molar-refractivity contribution is -0.140. The molecule has 2 aromatic rings. The number of rotatable bonds is 4. The van der Waals surface area contributed by atoms with Crippen molar-refractivity contribution >= 4 is 50.9 Å². The van der Waals surface area contributed by atoms with E-state index in [9.17, 15) is 14.4 Å². The lowest BCUT2D eigenvalue weighted by Gasteiger charge is -2.15. The van der Waals surface area contributed by atoms with E-state index >= 15 is 0 Å². The first-order chi connectivity index (χ1) is 12.9. The normalized spacial score (nSPS) is 15.4. The molecule has 1 aliphatic heterocycles. The fraction of sp³-hybridized carbons (Fsp3) is 0.211. The molecule has 0 bridgehead atoms. The fourth-order valence-electron chi connectivity index (χ4n) is 2.94. The standard InChI is InChI=1S/C19H17BrClN3O3/c1-2-24-15-8-5-12(20)9-14(15)16(19(24)27)23-18(26)17(25)22-10-11-3-6-13(21)7-4-11/h3-9,16H,2,10H2,1H3,(H,22,25)(H,23,26)/t16-/m1/s1. The van der Waals surface area contributed by atoms with Crippen LogP contribution in [0.25, 0.3) is 0 Å². The molecule has 0 unspecified atom stereocenters. The zero-order valence-corrected chi connectivity index (χ0v) is 16.8. The number of nitrogens with one attached hydrogen (secondary N) is 2. The van der Waals surface area contributed by atoms with Crippen molar-refractivity contribution in [1.82, 2.24) is 10.6 Å². The molecule has 1 aliphatic rings. The van der Waals surface area contributed by atoms with Crippen LogP contribution in [0.5, 0.6) is 0 Å². The quantitative estimate of drug-likeness (QED) is 0.703. The third kappa shape index (κ3) is 4.14. The molecular weight excluding hydrogens is 434 g/mol. The van der Waals surface area contributed by atoms with Crippen LogP contribution in [0.15, 0.2) is 46.9 Å². The summed E-state index contributed by atoms with van der Waals surface area (Å²) in [4.78, 5) is 38.6. The molecule has 2 aromatic carbocycles. The molecule has 0 spiro atoms. The van der Waals surface area contributed by atoms with Crippen LogP contribution >= 0.6 is 27.5 Å². The third-order valence-electron chi connectivity index (χ3n) is 4.27. The molecule has 0 saturated carbocycles. The van der Waals surface area contributed by atoms with Crippen LogP contribution in [0.3, 0.4) is 0 Å². The molecule has 2 N–H and O–H groups in total. The van der Waals surface area contributed by atoms with Gasteiger partial charge in [0.25, 0.3) is 5.91 Å². The monoisotopic (exact) mass is 449 g/mol. The summed E-state index contributed by atoms with van der Waals surface area (Å²) in [7, 11) is 0. The van der Waals surface area contributed by atoms with Crippen molar-refractivity contribution in [3.8, 4) is 0 Å². The summed E-state index contributed by atoms with van der Waals surface area (Å²) in [5.41, 5.74) is 2.21. The molecule has 140 valence electrons. The van der Waals surface area contributed by atoms with E-state index in [1.165, 1.54) is 0 Å². The maximum atomic E-state index is 12.6. The Morgan fingerprint density at radius 3 is 2.52 bits per heavy atom. The van der Waals surface area contributed by atoms with Gasteiger partial charge in [0.1, 0.15) is 6.04 Å². The highest BCUT2D eigenvalue weighted by atomic mass is 79.9. The van der Waals surface area contributed by atoms with Crippen molar-refractivity contribution in [2.45, 2.75) is 19.5 Å². The molecule has 1 atom stereocenters. The van der Waals surface area contributed by atoms with Gasteiger partial charge in [0, 0.05) is 33.8 Å². The second kappa shape index (κ2) is 8.10. The van der Waals surface area contributed by atoms with E-state index in [2.05, 4.69) is 26.6 Å². The van der Waals surface area contributed by atoms with Gasteiger partial charge in [0.15, 0.2) is 0 Å². The van der Waals surface area contributed by atoms with Crippen molar-refractivity contribution in [3.63, 3.8) is 0 Å². The predicted molar refractivity (Wildman–Crippen MR) is 106 cm³/mol. The van der Waals surface area contributed by atoms with Gasteiger partial charge < -0.3 is 15.5 Å². The Morgan fingerprint density at radius 1 is 1.15 bits per heavy atom. The molecule has 0 aromatic heterocycles. The van der Waals surface area contributed by atoms with E-state index in [-0.39, 0.29) is 12.5 Å². The summed E-state index contributed by atoms with van der Waals surface area (Å²) >= 11 is 9.19. The largest absolute Gasteiger partial charge is 0.344 e. The van der Waals surface area contributed by atoms with Crippen LogP contribution in [0.4, 0.5) is 5.69 Å². The highest BCUT2D eigenvalue weighted by Crippen LogP contribution is 2.37. The van der Waals surface area contributed by atoms with Gasteiger partial charge in [-0.05, 0) is 42.8 Å². The Labute approximate surface area is 170 Å². The number of likely N-dealkylation sites (N-methyl/N-ethyl adjacent to an activating group) is 1. The Balaban J connectivity index is 1.68. The van der Waals surface area contributed by atoms with Crippen LogP contribution in [0.2, 0.25) is 5.02 Å². The van der Waals surface area contributed by atoms with Gasteiger partial charge in [0.05, 0.1) is 0 Å². The number of carbonyl (C=O) groups excluding carboxylic acids is 3. The maximum Gasteiger partial charge on any atom is 0.310 e. The van der Waals surface area contributed by atoms with E-state index in [0.717, 1.165) is 15.7 Å². The lowest BCUT2D eigenvalue weighted by atomic mass is 10.1. The smallest absolute Gasteiger partial charge is 0.310 e. The lowest BCUT2D eigenvalue weighted by Crippen LogP contribution is -2.44. The molecular formula is C19H17BrClN3O3. The number of hydrogen-bond donors (Lipinski definition) is 2. The average molecular weight is 451 g/mol. The molecule has 0 fully saturated rings. The zero-order valence-electron chi connectivity index (χ0n) is 14.5. The van der Waals surface area contributed by atoms with Gasteiger partial charge in [-0.25, -0.2) is 0 Å². The average Bonchev–Trinajstić information content (AvgIpc) is 2.91. The molecule has 27 heavy (non-hydrogen) atoms. The second-order valence-corrected chi connectivity index (χ2v) is 7.35. The fourth-order valence-corrected chi connectivity index (χ4v) is 3.44. The Bertz CT molecular complexity index is 902. The number of nitrogens with zero attached hydrogens (tertiary/aromatic N) is 1. The second-order valence-electron chi connectivity index (χ2n) is 6.00. The summed E-state index contributed by atoms with van der Waals surface area (Å²) in [6.45, 7) is 2.51. The minimum Gasteiger partial charge on any atom is -0.344 e. The molecule has 0 saturated heterocycles. The Kier molecular flexibility index (Phi) is 5.82. The van der Waals surface area contributed by atoms with Crippen molar-refractivity contribution < 1.29 is 14.4 Å².